The molecular formula is C14H25NOS. The quantitative estimate of drug-likeness (QED) is 0.705. The van der Waals surface area contributed by atoms with E-state index in [9.17, 15) is 4.79 Å². The van der Waals surface area contributed by atoms with Crippen LogP contribution >= 0.6 is 11.8 Å². The lowest BCUT2D eigenvalue weighted by Gasteiger charge is -2.33. The van der Waals surface area contributed by atoms with Crippen LogP contribution in [0.25, 0.3) is 0 Å². The van der Waals surface area contributed by atoms with Crippen LogP contribution in [0.15, 0.2) is 0 Å². The Balaban J connectivity index is 1.86. The molecule has 0 amide bonds. The molecule has 0 radical (unpaired) electrons. The van der Waals surface area contributed by atoms with Gasteiger partial charge in [-0.2, -0.15) is 11.8 Å². The summed E-state index contributed by atoms with van der Waals surface area (Å²) in [5.74, 6) is 3.36. The second-order valence-electron chi connectivity index (χ2n) is 5.26. The third-order valence-electron chi connectivity index (χ3n) is 4.21. The van der Waals surface area contributed by atoms with Gasteiger partial charge in [0.05, 0.1) is 0 Å². The molecule has 1 heterocycles. The minimum Gasteiger partial charge on any atom is -0.299 e. The Morgan fingerprint density at radius 3 is 2.94 bits per heavy atom. The molecule has 0 N–H and O–H groups in total. The molecule has 0 aromatic carbocycles. The fourth-order valence-electron chi connectivity index (χ4n) is 3.33. The molecule has 1 saturated heterocycles. The first-order chi connectivity index (χ1) is 8.33. The van der Waals surface area contributed by atoms with Gasteiger partial charge in [-0.25, -0.2) is 0 Å². The van der Waals surface area contributed by atoms with Gasteiger partial charge in [0.25, 0.3) is 0 Å². The van der Waals surface area contributed by atoms with E-state index in [-0.39, 0.29) is 0 Å². The molecule has 2 unspecified atom stereocenters. The van der Waals surface area contributed by atoms with Gasteiger partial charge in [-0.05, 0) is 38.0 Å². The normalized spacial score (nSPS) is 31.0. The molecule has 0 aromatic rings. The summed E-state index contributed by atoms with van der Waals surface area (Å²) >= 11 is 2.02. The van der Waals surface area contributed by atoms with E-state index in [1.54, 1.807) is 0 Å². The molecule has 2 rings (SSSR count). The number of thioether (sulfide) groups is 1. The van der Waals surface area contributed by atoms with Gasteiger partial charge in [-0.1, -0.05) is 13.3 Å². The highest BCUT2D eigenvalue weighted by molar-refractivity contribution is 7.99. The van der Waals surface area contributed by atoms with Crippen LogP contribution in [0.5, 0.6) is 0 Å². The zero-order valence-corrected chi connectivity index (χ0v) is 11.8. The number of nitrogens with zero attached hydrogens (tertiary/aromatic N) is 1. The van der Waals surface area contributed by atoms with Gasteiger partial charge < -0.3 is 0 Å². The number of carbonyl (C=O) groups is 1. The lowest BCUT2D eigenvalue weighted by molar-refractivity contribution is -0.126. The van der Waals surface area contributed by atoms with E-state index in [0.29, 0.717) is 17.7 Å². The van der Waals surface area contributed by atoms with Crippen molar-refractivity contribution in [3.63, 3.8) is 0 Å². The van der Waals surface area contributed by atoms with Crippen LogP contribution in [0.1, 0.15) is 45.4 Å². The first-order valence-electron chi connectivity index (χ1n) is 7.17. The van der Waals surface area contributed by atoms with E-state index in [1.807, 2.05) is 11.8 Å². The third-order valence-corrected chi connectivity index (χ3v) is 5.09. The maximum atomic E-state index is 12.0. The third kappa shape index (κ3) is 3.47. The maximum absolute atomic E-state index is 12.0. The van der Waals surface area contributed by atoms with E-state index < -0.39 is 0 Å². The molecular weight excluding hydrogens is 230 g/mol. The lowest BCUT2D eigenvalue weighted by Crippen LogP contribution is -2.41. The number of likely N-dealkylation sites (tertiary alicyclic amines) is 1. The summed E-state index contributed by atoms with van der Waals surface area (Å²) in [7, 11) is 0. The Hall–Kier alpha value is -0.0200. The number of hydrogen-bond donors (Lipinski definition) is 0. The average molecular weight is 255 g/mol. The molecule has 98 valence electrons. The first-order valence-corrected chi connectivity index (χ1v) is 8.33. The Labute approximate surface area is 110 Å². The minimum atomic E-state index is 0.373. The molecule has 1 saturated carbocycles. The number of Topliss-reactive ketones (excluding diaryl/α,β-unsaturated/α-hetero) is 1. The maximum Gasteiger partial charge on any atom is 0.137 e. The summed E-state index contributed by atoms with van der Waals surface area (Å²) in [6.45, 7) is 4.63. The number of carbonyl (C=O) groups excluding carboxylic acids is 1. The summed E-state index contributed by atoms with van der Waals surface area (Å²) in [4.78, 5) is 14.6. The van der Waals surface area contributed by atoms with E-state index >= 15 is 0 Å². The van der Waals surface area contributed by atoms with Crippen molar-refractivity contribution in [1.82, 2.24) is 4.90 Å². The number of hydrogen-bond acceptors (Lipinski definition) is 3. The summed E-state index contributed by atoms with van der Waals surface area (Å²) < 4.78 is 0. The standard InChI is InChI=1S/C14H25NOS/c1-2-17-11-10-15-9-5-7-13(15)12-6-3-4-8-14(12)16/h12-13H,2-11H2,1H3. The van der Waals surface area contributed by atoms with Gasteiger partial charge in [-0.3, -0.25) is 9.69 Å². The van der Waals surface area contributed by atoms with Gasteiger partial charge in [-0.15, -0.1) is 0 Å². The van der Waals surface area contributed by atoms with Crippen LogP contribution in [0.3, 0.4) is 0 Å². The van der Waals surface area contributed by atoms with Crippen molar-refractivity contribution in [2.75, 3.05) is 24.6 Å². The van der Waals surface area contributed by atoms with Crippen molar-refractivity contribution in [3.05, 3.63) is 0 Å². The van der Waals surface area contributed by atoms with Gasteiger partial charge in [0, 0.05) is 30.7 Å². The van der Waals surface area contributed by atoms with Crippen LogP contribution in [-0.4, -0.2) is 41.3 Å². The van der Waals surface area contributed by atoms with Gasteiger partial charge in [0.2, 0.25) is 0 Å². The van der Waals surface area contributed by atoms with Crippen LogP contribution < -0.4 is 0 Å². The predicted molar refractivity (Wildman–Crippen MR) is 74.6 cm³/mol. The molecule has 2 fully saturated rings. The summed E-state index contributed by atoms with van der Waals surface area (Å²) in [5, 5.41) is 0. The second-order valence-corrected chi connectivity index (χ2v) is 6.65. The zero-order valence-electron chi connectivity index (χ0n) is 11.0. The fourth-order valence-corrected chi connectivity index (χ4v) is 3.98. The Morgan fingerprint density at radius 2 is 2.18 bits per heavy atom. The Kier molecular flexibility index (Phi) is 5.36. The predicted octanol–water partition coefficient (Wildman–Crippen LogP) is 2.96. The smallest absolute Gasteiger partial charge is 0.137 e. The van der Waals surface area contributed by atoms with Gasteiger partial charge in [0.15, 0.2) is 0 Å². The van der Waals surface area contributed by atoms with Crippen LogP contribution in [0, 0.1) is 5.92 Å². The van der Waals surface area contributed by atoms with Crippen molar-refractivity contribution in [3.8, 4) is 0 Å². The molecule has 0 aromatic heterocycles. The summed E-state index contributed by atoms with van der Waals surface area (Å²) in [6.07, 6.45) is 6.95. The van der Waals surface area contributed by atoms with Crippen LogP contribution in [-0.2, 0) is 4.79 Å². The zero-order chi connectivity index (χ0) is 12.1. The van der Waals surface area contributed by atoms with Gasteiger partial charge >= 0.3 is 0 Å². The summed E-state index contributed by atoms with van der Waals surface area (Å²) in [6, 6.07) is 0.584. The molecule has 1 aliphatic heterocycles. The molecule has 1 aliphatic carbocycles. The van der Waals surface area contributed by atoms with E-state index in [2.05, 4.69) is 11.8 Å². The largest absolute Gasteiger partial charge is 0.299 e. The second kappa shape index (κ2) is 6.79. The van der Waals surface area contributed by atoms with E-state index in [4.69, 9.17) is 0 Å². The van der Waals surface area contributed by atoms with Gasteiger partial charge in [0.1, 0.15) is 5.78 Å². The molecule has 2 atom stereocenters. The van der Waals surface area contributed by atoms with E-state index in [1.165, 1.54) is 43.9 Å². The number of rotatable bonds is 5. The van der Waals surface area contributed by atoms with Crippen molar-refractivity contribution in [2.24, 2.45) is 5.92 Å². The lowest BCUT2D eigenvalue weighted by atomic mass is 9.82. The highest BCUT2D eigenvalue weighted by atomic mass is 32.2. The van der Waals surface area contributed by atoms with Crippen LogP contribution in [0.2, 0.25) is 0 Å². The molecule has 3 heteroatoms. The Morgan fingerprint density at radius 1 is 1.29 bits per heavy atom. The average Bonchev–Trinajstić information content (AvgIpc) is 2.78. The topological polar surface area (TPSA) is 20.3 Å². The van der Waals surface area contributed by atoms with Crippen LogP contribution in [0.4, 0.5) is 0 Å². The molecule has 17 heavy (non-hydrogen) atoms. The summed E-state index contributed by atoms with van der Waals surface area (Å²) in [5.41, 5.74) is 0. The molecule has 0 spiro atoms. The molecule has 2 nitrogen and oxygen atoms in total. The number of ketones is 1. The first kappa shape index (κ1) is 13.4. The monoisotopic (exact) mass is 255 g/mol. The van der Waals surface area contributed by atoms with Crippen molar-refractivity contribution in [1.29, 1.82) is 0 Å². The van der Waals surface area contributed by atoms with Crippen molar-refractivity contribution >= 4 is 17.5 Å². The SMILES string of the molecule is CCSCCN1CCCC1C1CCCCC1=O. The highest BCUT2D eigenvalue weighted by Crippen LogP contribution is 2.32. The highest BCUT2D eigenvalue weighted by Gasteiger charge is 2.36. The molecule has 2 aliphatic rings. The fraction of sp³-hybridized carbons (Fsp3) is 0.929. The minimum absolute atomic E-state index is 0.373. The van der Waals surface area contributed by atoms with E-state index in [0.717, 1.165) is 19.3 Å². The molecule has 0 bridgehead atoms. The Bertz CT molecular complexity index is 257. The van der Waals surface area contributed by atoms with Crippen molar-refractivity contribution in [2.45, 2.75) is 51.5 Å². The van der Waals surface area contributed by atoms with Crippen molar-refractivity contribution < 1.29 is 4.79 Å².